The molecule has 0 saturated heterocycles. The Morgan fingerprint density at radius 3 is 2.65 bits per heavy atom. The molecule has 0 spiro atoms. The Morgan fingerprint density at radius 1 is 1.31 bits per heavy atom. The first kappa shape index (κ1) is 20.1. The number of nitrogens with one attached hydrogen (secondary N) is 2. The number of ether oxygens (including phenoxy) is 1. The van der Waals surface area contributed by atoms with E-state index in [4.69, 9.17) is 16.3 Å². The third-order valence-electron chi connectivity index (χ3n) is 3.65. The van der Waals surface area contributed by atoms with Crippen LogP contribution >= 0.6 is 22.9 Å². The molecular formula is C17H21ClN4O3S. The molecular weight excluding hydrogens is 376 g/mol. The Bertz CT molecular complexity index is 809. The molecule has 7 nitrogen and oxygen atoms in total. The Hall–Kier alpha value is -2.19. The molecule has 26 heavy (non-hydrogen) atoms. The van der Waals surface area contributed by atoms with Gasteiger partial charge in [0.15, 0.2) is 0 Å². The Morgan fingerprint density at radius 2 is 2.04 bits per heavy atom. The summed E-state index contributed by atoms with van der Waals surface area (Å²) in [5, 5.41) is 15.0. The molecule has 140 valence electrons. The minimum Gasteiger partial charge on any atom is -0.496 e. The number of hydrogen-bond acceptors (Lipinski definition) is 6. The lowest BCUT2D eigenvalue weighted by atomic mass is 10.1. The second-order valence-corrected chi connectivity index (χ2v) is 7.22. The van der Waals surface area contributed by atoms with E-state index in [1.807, 2.05) is 0 Å². The van der Waals surface area contributed by atoms with Crippen molar-refractivity contribution in [2.24, 2.45) is 0 Å². The van der Waals surface area contributed by atoms with Crippen molar-refractivity contribution in [2.75, 3.05) is 17.7 Å². The first-order chi connectivity index (χ1) is 12.3. The normalized spacial score (nSPS) is 11.7. The maximum absolute atomic E-state index is 12.6. The molecule has 1 atom stereocenters. The number of amides is 2. The van der Waals surface area contributed by atoms with Crippen molar-refractivity contribution >= 4 is 45.6 Å². The van der Waals surface area contributed by atoms with Crippen LogP contribution in [0, 0.1) is 0 Å². The summed E-state index contributed by atoms with van der Waals surface area (Å²) in [4.78, 5) is 23.8. The van der Waals surface area contributed by atoms with Gasteiger partial charge in [0.05, 0.1) is 23.4 Å². The van der Waals surface area contributed by atoms with E-state index in [2.05, 4.69) is 34.7 Å². The van der Waals surface area contributed by atoms with Crippen LogP contribution in [-0.2, 0) is 4.79 Å². The van der Waals surface area contributed by atoms with E-state index in [0.717, 1.165) is 17.8 Å². The molecule has 0 bridgehead atoms. The summed E-state index contributed by atoms with van der Waals surface area (Å²) in [5.74, 6) is -0.0958. The van der Waals surface area contributed by atoms with Gasteiger partial charge in [-0.25, -0.2) is 0 Å². The highest BCUT2D eigenvalue weighted by molar-refractivity contribution is 7.15. The van der Waals surface area contributed by atoms with Gasteiger partial charge in [0.25, 0.3) is 5.91 Å². The van der Waals surface area contributed by atoms with Gasteiger partial charge in [-0.05, 0) is 12.5 Å². The molecule has 2 N–H and O–H groups in total. The fourth-order valence-corrected chi connectivity index (χ4v) is 3.43. The second-order valence-electron chi connectivity index (χ2n) is 5.80. The molecule has 1 aromatic heterocycles. The van der Waals surface area contributed by atoms with E-state index in [-0.39, 0.29) is 16.5 Å². The summed E-state index contributed by atoms with van der Waals surface area (Å²) in [6, 6.07) is 2.95. The fraction of sp³-hybridized carbons (Fsp3) is 0.412. The molecule has 9 heteroatoms. The van der Waals surface area contributed by atoms with Crippen molar-refractivity contribution < 1.29 is 14.3 Å². The van der Waals surface area contributed by atoms with Gasteiger partial charge in [-0.2, -0.15) is 0 Å². The molecule has 1 heterocycles. The van der Waals surface area contributed by atoms with E-state index in [1.54, 1.807) is 0 Å². The van der Waals surface area contributed by atoms with Crippen molar-refractivity contribution in [1.82, 2.24) is 10.2 Å². The van der Waals surface area contributed by atoms with Crippen LogP contribution in [0.2, 0.25) is 5.02 Å². The van der Waals surface area contributed by atoms with E-state index in [9.17, 15) is 9.59 Å². The lowest BCUT2D eigenvalue weighted by molar-refractivity contribution is -0.114. The van der Waals surface area contributed by atoms with Crippen molar-refractivity contribution in [3.05, 3.63) is 27.7 Å². The lowest BCUT2D eigenvalue weighted by Crippen LogP contribution is -2.14. The highest BCUT2D eigenvalue weighted by Gasteiger charge is 2.19. The predicted octanol–water partition coefficient (Wildman–Crippen LogP) is 4.31. The number of carbonyl (C=O) groups is 2. The SMILES string of the molecule is CCC[C@H](C)c1nnc(NC(=O)c2cc(Cl)c(NC(C)=O)cc2OC)s1. The third-order valence-corrected chi connectivity index (χ3v) is 5.03. The number of rotatable bonds is 7. The smallest absolute Gasteiger partial charge is 0.261 e. The van der Waals surface area contributed by atoms with Gasteiger partial charge in [0.1, 0.15) is 10.8 Å². The summed E-state index contributed by atoms with van der Waals surface area (Å²) < 4.78 is 5.25. The number of nitrogens with zero attached hydrogens (tertiary/aromatic N) is 2. The van der Waals surface area contributed by atoms with Crippen LogP contribution in [0.25, 0.3) is 0 Å². The number of halogens is 1. The molecule has 0 radical (unpaired) electrons. The zero-order valence-corrected chi connectivity index (χ0v) is 16.6. The molecule has 0 saturated carbocycles. The van der Waals surface area contributed by atoms with Crippen LogP contribution in [0.3, 0.4) is 0 Å². The minimum absolute atomic E-state index is 0.237. The van der Waals surface area contributed by atoms with Crippen LogP contribution < -0.4 is 15.4 Å². The standard InChI is InChI=1S/C17H21ClN4O3S/c1-5-6-9(2)16-21-22-17(26-16)20-15(24)11-7-12(18)13(19-10(3)23)8-14(11)25-4/h7-9H,5-6H2,1-4H3,(H,19,23)(H,20,22,24)/t9-/m0/s1. The van der Waals surface area contributed by atoms with E-state index in [1.165, 1.54) is 37.5 Å². The number of methoxy groups -OCH3 is 1. The van der Waals surface area contributed by atoms with Gasteiger partial charge in [-0.15, -0.1) is 10.2 Å². The Balaban J connectivity index is 2.21. The topological polar surface area (TPSA) is 93.2 Å². The Kier molecular flexibility index (Phi) is 6.93. The van der Waals surface area contributed by atoms with Gasteiger partial charge >= 0.3 is 0 Å². The Labute approximate surface area is 161 Å². The molecule has 0 aliphatic carbocycles. The van der Waals surface area contributed by atoms with Gasteiger partial charge in [-0.1, -0.05) is 43.2 Å². The van der Waals surface area contributed by atoms with Gasteiger partial charge < -0.3 is 10.1 Å². The van der Waals surface area contributed by atoms with Crippen molar-refractivity contribution in [1.29, 1.82) is 0 Å². The van der Waals surface area contributed by atoms with E-state index >= 15 is 0 Å². The maximum atomic E-state index is 12.6. The molecule has 2 aromatic rings. The predicted molar refractivity (Wildman–Crippen MR) is 103 cm³/mol. The highest BCUT2D eigenvalue weighted by atomic mass is 35.5. The quantitative estimate of drug-likeness (QED) is 0.727. The monoisotopic (exact) mass is 396 g/mol. The molecule has 1 aromatic carbocycles. The maximum Gasteiger partial charge on any atom is 0.261 e. The second kappa shape index (κ2) is 8.95. The van der Waals surface area contributed by atoms with E-state index in [0.29, 0.717) is 22.5 Å². The summed E-state index contributed by atoms with van der Waals surface area (Å²) in [6.45, 7) is 5.57. The number of hydrogen-bond donors (Lipinski definition) is 2. The molecule has 0 fully saturated rings. The average Bonchev–Trinajstić information content (AvgIpc) is 3.04. The number of anilines is 2. The van der Waals surface area contributed by atoms with Crippen LogP contribution in [0.15, 0.2) is 12.1 Å². The molecule has 0 unspecified atom stereocenters. The summed E-state index contributed by atoms with van der Waals surface area (Å²) in [7, 11) is 1.44. The van der Waals surface area contributed by atoms with Crippen LogP contribution in [0.4, 0.5) is 10.8 Å². The van der Waals surface area contributed by atoms with Crippen molar-refractivity contribution in [2.45, 2.75) is 39.5 Å². The van der Waals surface area contributed by atoms with Crippen molar-refractivity contribution in [3.8, 4) is 5.75 Å². The summed E-state index contributed by atoms with van der Waals surface area (Å²) in [5.41, 5.74) is 0.615. The van der Waals surface area contributed by atoms with Gasteiger partial charge in [0.2, 0.25) is 11.0 Å². The number of carbonyl (C=O) groups excluding carboxylic acids is 2. The van der Waals surface area contributed by atoms with Gasteiger partial charge in [-0.3, -0.25) is 14.9 Å². The summed E-state index contributed by atoms with van der Waals surface area (Å²) >= 11 is 7.50. The summed E-state index contributed by atoms with van der Waals surface area (Å²) in [6.07, 6.45) is 2.06. The number of benzene rings is 1. The van der Waals surface area contributed by atoms with Crippen LogP contribution in [0.5, 0.6) is 5.75 Å². The first-order valence-electron chi connectivity index (χ1n) is 8.15. The van der Waals surface area contributed by atoms with E-state index < -0.39 is 5.91 Å². The lowest BCUT2D eigenvalue weighted by Gasteiger charge is -2.12. The molecule has 2 rings (SSSR count). The van der Waals surface area contributed by atoms with Crippen LogP contribution in [0.1, 0.15) is 54.9 Å². The molecule has 2 amide bonds. The molecule has 0 aliphatic rings. The zero-order valence-electron chi connectivity index (χ0n) is 15.1. The first-order valence-corrected chi connectivity index (χ1v) is 9.35. The largest absolute Gasteiger partial charge is 0.496 e. The number of aromatic nitrogens is 2. The average molecular weight is 397 g/mol. The third kappa shape index (κ3) is 4.92. The zero-order chi connectivity index (χ0) is 19.3. The highest BCUT2D eigenvalue weighted by Crippen LogP contribution is 2.32. The van der Waals surface area contributed by atoms with Crippen molar-refractivity contribution in [3.63, 3.8) is 0 Å². The van der Waals surface area contributed by atoms with Gasteiger partial charge in [0, 0.05) is 18.9 Å². The van der Waals surface area contributed by atoms with Crippen LogP contribution in [-0.4, -0.2) is 29.1 Å². The fourth-order valence-electron chi connectivity index (χ4n) is 2.39. The minimum atomic E-state index is -0.413. The molecule has 0 aliphatic heterocycles.